The molecule has 0 bridgehead atoms. The van der Waals surface area contributed by atoms with Gasteiger partial charge in [0.2, 0.25) is 0 Å². The molecule has 0 saturated carbocycles. The van der Waals surface area contributed by atoms with Gasteiger partial charge in [-0.1, -0.05) is 38.1 Å². The highest BCUT2D eigenvalue weighted by Crippen LogP contribution is 2.09. The van der Waals surface area contributed by atoms with Crippen LogP contribution in [-0.4, -0.2) is 23.8 Å². The molecule has 0 aromatic heterocycles. The molecule has 17 heavy (non-hydrogen) atoms. The first-order chi connectivity index (χ1) is 8.17. The summed E-state index contributed by atoms with van der Waals surface area (Å²) in [6.07, 6.45) is 2.37. The summed E-state index contributed by atoms with van der Waals surface area (Å²) in [5, 5.41) is 0. The maximum absolute atomic E-state index is 11.2. The number of nitrogens with zero attached hydrogens (tertiary/aromatic N) is 1. The van der Waals surface area contributed by atoms with E-state index >= 15 is 0 Å². The van der Waals surface area contributed by atoms with Gasteiger partial charge in [-0.15, -0.1) is 0 Å². The van der Waals surface area contributed by atoms with Crippen molar-refractivity contribution in [2.24, 2.45) is 0 Å². The number of carbonyl (C=O) groups excluding carboxylic acids is 1. The van der Waals surface area contributed by atoms with Gasteiger partial charge in [-0.25, -0.2) is 0 Å². The Bertz CT molecular complexity index is 336. The van der Waals surface area contributed by atoms with E-state index in [0.29, 0.717) is 0 Å². The topological polar surface area (TPSA) is 20.3 Å². The van der Waals surface area contributed by atoms with Gasteiger partial charge in [0.05, 0.1) is 0 Å². The van der Waals surface area contributed by atoms with Crippen molar-refractivity contribution in [3.8, 4) is 0 Å². The zero-order valence-electron chi connectivity index (χ0n) is 11.2. The number of hydrogen-bond donors (Lipinski definition) is 0. The Morgan fingerprint density at radius 2 is 1.59 bits per heavy atom. The van der Waals surface area contributed by atoms with Crippen LogP contribution in [0.2, 0.25) is 0 Å². The van der Waals surface area contributed by atoms with Crippen molar-refractivity contribution >= 4 is 5.78 Å². The Morgan fingerprint density at radius 3 is 2.00 bits per heavy atom. The van der Waals surface area contributed by atoms with Crippen LogP contribution in [0.3, 0.4) is 0 Å². The van der Waals surface area contributed by atoms with E-state index in [0.717, 1.165) is 25.2 Å². The zero-order chi connectivity index (χ0) is 12.7. The van der Waals surface area contributed by atoms with E-state index in [-0.39, 0.29) is 5.78 Å². The summed E-state index contributed by atoms with van der Waals surface area (Å²) >= 11 is 0. The highest BCUT2D eigenvalue weighted by molar-refractivity contribution is 5.93. The van der Waals surface area contributed by atoms with Crippen LogP contribution >= 0.6 is 0 Å². The normalized spacial score (nSPS) is 10.8. The maximum Gasteiger partial charge on any atom is 0.159 e. The van der Waals surface area contributed by atoms with Crippen LogP contribution in [0.15, 0.2) is 24.3 Å². The summed E-state index contributed by atoms with van der Waals surface area (Å²) < 4.78 is 0. The lowest BCUT2D eigenvalue weighted by Gasteiger charge is -2.20. The lowest BCUT2D eigenvalue weighted by Crippen LogP contribution is -2.24. The predicted octanol–water partition coefficient (Wildman–Crippen LogP) is 3.51. The second kappa shape index (κ2) is 7.23. The maximum atomic E-state index is 11.2. The van der Waals surface area contributed by atoms with E-state index in [9.17, 15) is 4.79 Å². The zero-order valence-corrected chi connectivity index (χ0v) is 11.2. The summed E-state index contributed by atoms with van der Waals surface area (Å²) in [5.74, 6) is 0.135. The Labute approximate surface area is 105 Å². The first-order valence-corrected chi connectivity index (χ1v) is 6.49. The van der Waals surface area contributed by atoms with Crippen molar-refractivity contribution in [2.45, 2.75) is 40.2 Å². The van der Waals surface area contributed by atoms with Crippen LogP contribution in [0.4, 0.5) is 0 Å². The van der Waals surface area contributed by atoms with Crippen LogP contribution in [-0.2, 0) is 6.54 Å². The van der Waals surface area contributed by atoms with Crippen LogP contribution in [0.1, 0.15) is 49.5 Å². The highest BCUT2D eigenvalue weighted by atomic mass is 16.1. The van der Waals surface area contributed by atoms with Crippen molar-refractivity contribution in [1.82, 2.24) is 4.90 Å². The van der Waals surface area contributed by atoms with Gasteiger partial charge in [-0.05, 0) is 38.4 Å². The molecule has 0 aliphatic carbocycles. The number of benzene rings is 1. The van der Waals surface area contributed by atoms with Gasteiger partial charge in [-0.2, -0.15) is 0 Å². The largest absolute Gasteiger partial charge is 0.299 e. The first kappa shape index (κ1) is 13.9. The van der Waals surface area contributed by atoms with Crippen LogP contribution in [0.25, 0.3) is 0 Å². The average Bonchev–Trinajstić information content (AvgIpc) is 2.30. The van der Waals surface area contributed by atoms with E-state index in [1.54, 1.807) is 6.92 Å². The van der Waals surface area contributed by atoms with Crippen LogP contribution in [0, 0.1) is 0 Å². The first-order valence-electron chi connectivity index (χ1n) is 6.49. The Balaban J connectivity index is 2.62. The molecule has 0 fully saturated rings. The molecule has 0 aliphatic rings. The minimum Gasteiger partial charge on any atom is -0.299 e. The fraction of sp³-hybridized carbons (Fsp3) is 0.533. The Hall–Kier alpha value is -1.15. The molecule has 1 aromatic rings. The molecule has 0 spiro atoms. The van der Waals surface area contributed by atoms with Gasteiger partial charge in [-0.3, -0.25) is 9.69 Å². The molecule has 0 aliphatic heterocycles. The molecule has 0 amide bonds. The summed E-state index contributed by atoms with van der Waals surface area (Å²) in [7, 11) is 0. The molecule has 2 nitrogen and oxygen atoms in total. The van der Waals surface area contributed by atoms with E-state index in [1.165, 1.54) is 18.4 Å². The molecule has 0 atom stereocenters. The molecule has 0 radical (unpaired) electrons. The van der Waals surface area contributed by atoms with Crippen LogP contribution < -0.4 is 0 Å². The minimum atomic E-state index is 0.135. The molecule has 0 unspecified atom stereocenters. The predicted molar refractivity (Wildman–Crippen MR) is 72.3 cm³/mol. The molecule has 2 heteroatoms. The number of hydrogen-bond acceptors (Lipinski definition) is 2. The molecular formula is C15H23NO. The minimum absolute atomic E-state index is 0.135. The van der Waals surface area contributed by atoms with E-state index in [2.05, 4.69) is 30.9 Å². The lowest BCUT2D eigenvalue weighted by atomic mass is 10.1. The SMILES string of the molecule is CCCN(CCC)Cc1ccc(C(C)=O)cc1. The van der Waals surface area contributed by atoms with Gasteiger partial charge in [0.1, 0.15) is 0 Å². The lowest BCUT2D eigenvalue weighted by molar-refractivity contribution is 0.101. The molecule has 1 aromatic carbocycles. The molecule has 0 saturated heterocycles. The van der Waals surface area contributed by atoms with Gasteiger partial charge in [0.15, 0.2) is 5.78 Å². The number of carbonyl (C=O) groups is 1. The van der Waals surface area contributed by atoms with Crippen molar-refractivity contribution in [3.63, 3.8) is 0 Å². The third-order valence-electron chi connectivity index (χ3n) is 2.85. The summed E-state index contributed by atoms with van der Waals surface area (Å²) in [6, 6.07) is 7.98. The molecular weight excluding hydrogens is 210 g/mol. The standard InChI is InChI=1S/C15H23NO/c1-4-10-16(11-5-2)12-14-6-8-15(9-7-14)13(3)17/h6-9H,4-5,10-12H2,1-3H3. The monoisotopic (exact) mass is 233 g/mol. The summed E-state index contributed by atoms with van der Waals surface area (Å²) in [4.78, 5) is 13.6. The smallest absolute Gasteiger partial charge is 0.159 e. The van der Waals surface area contributed by atoms with E-state index < -0.39 is 0 Å². The van der Waals surface area contributed by atoms with Gasteiger partial charge >= 0.3 is 0 Å². The van der Waals surface area contributed by atoms with Crippen molar-refractivity contribution in [3.05, 3.63) is 35.4 Å². The van der Waals surface area contributed by atoms with Crippen LogP contribution in [0.5, 0.6) is 0 Å². The van der Waals surface area contributed by atoms with Gasteiger partial charge in [0.25, 0.3) is 0 Å². The fourth-order valence-electron chi connectivity index (χ4n) is 2.01. The summed E-state index contributed by atoms with van der Waals surface area (Å²) in [6.45, 7) is 9.29. The van der Waals surface area contributed by atoms with Crippen molar-refractivity contribution < 1.29 is 4.79 Å². The second-order valence-corrected chi connectivity index (χ2v) is 4.53. The third kappa shape index (κ3) is 4.70. The van der Waals surface area contributed by atoms with Gasteiger partial charge < -0.3 is 0 Å². The molecule has 1 rings (SSSR count). The third-order valence-corrected chi connectivity index (χ3v) is 2.85. The van der Waals surface area contributed by atoms with Crippen molar-refractivity contribution in [1.29, 1.82) is 0 Å². The second-order valence-electron chi connectivity index (χ2n) is 4.53. The Morgan fingerprint density at radius 1 is 1.06 bits per heavy atom. The average molecular weight is 233 g/mol. The van der Waals surface area contributed by atoms with E-state index in [1.807, 2.05) is 12.1 Å². The van der Waals surface area contributed by atoms with Crippen molar-refractivity contribution in [2.75, 3.05) is 13.1 Å². The molecule has 94 valence electrons. The highest BCUT2D eigenvalue weighted by Gasteiger charge is 2.04. The number of Topliss-reactive ketones (excluding diaryl/α,β-unsaturated/α-hetero) is 1. The van der Waals surface area contributed by atoms with E-state index in [4.69, 9.17) is 0 Å². The summed E-state index contributed by atoms with van der Waals surface area (Å²) in [5.41, 5.74) is 2.09. The van der Waals surface area contributed by atoms with Gasteiger partial charge in [0, 0.05) is 12.1 Å². The Kier molecular flexibility index (Phi) is 5.92. The number of ketones is 1. The quantitative estimate of drug-likeness (QED) is 0.672. The molecule has 0 heterocycles. The number of rotatable bonds is 7. The molecule has 0 N–H and O–H groups in total. The fourth-order valence-corrected chi connectivity index (χ4v) is 2.01.